The molecule has 1 fully saturated rings. The molecule has 16 heavy (non-hydrogen) atoms. The average Bonchev–Trinajstić information content (AvgIpc) is 2.29. The van der Waals surface area contributed by atoms with Crippen LogP contribution in [-0.4, -0.2) is 22.8 Å². The largest absolute Gasteiger partial charge is 0.384 e. The first-order valence-corrected chi connectivity index (χ1v) is 5.65. The molecule has 0 spiro atoms. The van der Waals surface area contributed by atoms with Crippen LogP contribution in [0.2, 0.25) is 0 Å². The predicted octanol–water partition coefficient (Wildman–Crippen LogP) is 1.66. The Balaban J connectivity index is 2.30. The van der Waals surface area contributed by atoms with Crippen molar-refractivity contribution in [3.05, 3.63) is 23.4 Å². The zero-order valence-electron chi connectivity index (χ0n) is 9.52. The molecule has 2 heterocycles. The Labute approximate surface area is 95.5 Å². The second-order valence-electron chi connectivity index (χ2n) is 4.32. The number of carbonyl (C=O) groups excluding carboxylic acids is 1. The molecular weight excluding hydrogens is 202 g/mol. The Morgan fingerprint density at radius 1 is 1.56 bits per heavy atom. The summed E-state index contributed by atoms with van der Waals surface area (Å²) in [5.74, 6) is 0.537. The molecule has 0 saturated carbocycles. The van der Waals surface area contributed by atoms with E-state index in [-0.39, 0.29) is 6.04 Å². The van der Waals surface area contributed by atoms with E-state index in [9.17, 15) is 4.79 Å². The van der Waals surface area contributed by atoms with Gasteiger partial charge in [0.1, 0.15) is 5.82 Å². The van der Waals surface area contributed by atoms with Crippen molar-refractivity contribution in [3.63, 3.8) is 0 Å². The Kier molecular flexibility index (Phi) is 3.08. The van der Waals surface area contributed by atoms with Gasteiger partial charge in [0.15, 0.2) is 0 Å². The lowest BCUT2D eigenvalue weighted by molar-refractivity contribution is -0.121. The molecule has 1 aromatic rings. The Morgan fingerprint density at radius 3 is 3.06 bits per heavy atom. The summed E-state index contributed by atoms with van der Waals surface area (Å²) in [6, 6.07) is 2.05. The molecule has 0 bridgehead atoms. The molecule has 0 unspecified atom stereocenters. The fourth-order valence-corrected chi connectivity index (χ4v) is 2.35. The lowest BCUT2D eigenvalue weighted by Gasteiger charge is -2.33. The maximum Gasteiger partial charge on any atom is 0.210 e. The van der Waals surface area contributed by atoms with E-state index < -0.39 is 0 Å². The first-order valence-electron chi connectivity index (χ1n) is 5.65. The second-order valence-corrected chi connectivity index (χ2v) is 4.32. The number of rotatable bonds is 2. The van der Waals surface area contributed by atoms with Crippen LogP contribution in [0.1, 0.15) is 36.4 Å². The summed E-state index contributed by atoms with van der Waals surface area (Å²) < 4.78 is 0. The lowest BCUT2D eigenvalue weighted by atomic mass is 9.94. The highest BCUT2D eigenvalue weighted by atomic mass is 16.1. The van der Waals surface area contributed by atoms with Gasteiger partial charge in [0.25, 0.3) is 0 Å². The minimum absolute atomic E-state index is 0.180. The number of anilines is 1. The van der Waals surface area contributed by atoms with E-state index >= 15 is 0 Å². The van der Waals surface area contributed by atoms with Crippen LogP contribution in [0.4, 0.5) is 5.82 Å². The van der Waals surface area contributed by atoms with Crippen molar-refractivity contribution < 1.29 is 4.79 Å². The highest BCUT2D eigenvalue weighted by Gasteiger charge is 2.24. The van der Waals surface area contributed by atoms with Gasteiger partial charge in [-0.25, -0.2) is 4.98 Å². The van der Waals surface area contributed by atoms with Crippen molar-refractivity contribution in [1.29, 1.82) is 0 Å². The van der Waals surface area contributed by atoms with E-state index in [1.807, 2.05) is 17.9 Å². The number of amides is 1. The van der Waals surface area contributed by atoms with Crippen LogP contribution in [0.5, 0.6) is 0 Å². The molecule has 86 valence electrons. The zero-order valence-corrected chi connectivity index (χ0v) is 9.52. The van der Waals surface area contributed by atoms with Crippen LogP contribution in [0.3, 0.4) is 0 Å². The minimum atomic E-state index is 0.180. The smallest absolute Gasteiger partial charge is 0.210 e. The number of likely N-dealkylation sites (tertiary alicyclic amines) is 1. The number of piperidine rings is 1. The average molecular weight is 219 g/mol. The first-order chi connectivity index (χ1) is 7.72. The van der Waals surface area contributed by atoms with E-state index in [4.69, 9.17) is 5.73 Å². The van der Waals surface area contributed by atoms with Gasteiger partial charge in [0.05, 0.1) is 6.04 Å². The third kappa shape index (κ3) is 2.01. The van der Waals surface area contributed by atoms with E-state index in [2.05, 4.69) is 4.98 Å². The lowest BCUT2D eigenvalue weighted by Crippen LogP contribution is -2.32. The number of nitrogen functional groups attached to an aromatic ring is 1. The summed E-state index contributed by atoms with van der Waals surface area (Å²) in [6.45, 7) is 2.86. The maximum atomic E-state index is 11.0. The highest BCUT2D eigenvalue weighted by Crippen LogP contribution is 2.31. The van der Waals surface area contributed by atoms with Crippen LogP contribution in [0.15, 0.2) is 12.3 Å². The first kappa shape index (κ1) is 10.9. The molecule has 2 rings (SSSR count). The van der Waals surface area contributed by atoms with Gasteiger partial charge in [-0.2, -0.15) is 0 Å². The number of nitrogens with zero attached hydrogens (tertiary/aromatic N) is 2. The molecule has 1 saturated heterocycles. The van der Waals surface area contributed by atoms with E-state index in [0.717, 1.165) is 36.9 Å². The van der Waals surface area contributed by atoms with Crippen LogP contribution in [-0.2, 0) is 4.79 Å². The molecule has 2 N–H and O–H groups in total. The Hall–Kier alpha value is -1.58. The van der Waals surface area contributed by atoms with Gasteiger partial charge in [0.2, 0.25) is 6.41 Å². The van der Waals surface area contributed by atoms with Gasteiger partial charge in [-0.05, 0) is 43.4 Å². The van der Waals surface area contributed by atoms with E-state index in [1.54, 1.807) is 6.20 Å². The Bertz CT molecular complexity index is 392. The second kappa shape index (κ2) is 4.51. The van der Waals surface area contributed by atoms with Crippen molar-refractivity contribution >= 4 is 12.2 Å². The zero-order chi connectivity index (χ0) is 11.5. The summed E-state index contributed by atoms with van der Waals surface area (Å²) in [5.41, 5.74) is 7.87. The van der Waals surface area contributed by atoms with Gasteiger partial charge in [-0.15, -0.1) is 0 Å². The molecule has 1 atom stereocenters. The standard InChI is InChI=1S/C12H17N3O/c1-9-6-12(13)14-7-10(9)11-4-2-3-5-15(11)8-16/h6-8,11H,2-5H2,1H3,(H2,13,14)/t11-/m1/s1. The fraction of sp³-hybridized carbons (Fsp3) is 0.500. The van der Waals surface area contributed by atoms with Gasteiger partial charge in [-0.1, -0.05) is 0 Å². The molecule has 4 heteroatoms. The molecule has 1 aromatic heterocycles. The van der Waals surface area contributed by atoms with E-state index in [1.165, 1.54) is 6.42 Å². The minimum Gasteiger partial charge on any atom is -0.384 e. The monoisotopic (exact) mass is 219 g/mol. The molecular formula is C12H17N3O. The van der Waals surface area contributed by atoms with Gasteiger partial charge >= 0.3 is 0 Å². The van der Waals surface area contributed by atoms with Crippen molar-refractivity contribution in [1.82, 2.24) is 9.88 Å². The topological polar surface area (TPSA) is 59.2 Å². The number of hydrogen-bond donors (Lipinski definition) is 1. The van der Waals surface area contributed by atoms with Crippen LogP contribution in [0.25, 0.3) is 0 Å². The number of nitrogens with two attached hydrogens (primary N) is 1. The molecule has 1 amide bonds. The number of pyridine rings is 1. The van der Waals surface area contributed by atoms with Crippen LogP contribution < -0.4 is 5.73 Å². The summed E-state index contributed by atoms with van der Waals surface area (Å²) in [4.78, 5) is 17.0. The third-order valence-electron chi connectivity index (χ3n) is 3.21. The normalized spacial score (nSPS) is 20.8. The summed E-state index contributed by atoms with van der Waals surface area (Å²) in [6.07, 6.45) is 6.03. The molecule has 0 aromatic carbocycles. The number of aromatic nitrogens is 1. The fourth-order valence-electron chi connectivity index (χ4n) is 2.35. The maximum absolute atomic E-state index is 11.0. The van der Waals surface area contributed by atoms with Crippen LogP contribution >= 0.6 is 0 Å². The molecule has 0 aliphatic carbocycles. The quantitative estimate of drug-likeness (QED) is 0.769. The van der Waals surface area contributed by atoms with Crippen molar-refractivity contribution in [3.8, 4) is 0 Å². The predicted molar refractivity (Wildman–Crippen MR) is 62.7 cm³/mol. The SMILES string of the molecule is Cc1cc(N)ncc1[C@H]1CCCCN1C=O. The summed E-state index contributed by atoms with van der Waals surface area (Å²) >= 11 is 0. The number of aryl methyl sites for hydroxylation is 1. The van der Waals surface area contributed by atoms with Gasteiger partial charge in [-0.3, -0.25) is 4.79 Å². The van der Waals surface area contributed by atoms with Crippen LogP contribution in [0, 0.1) is 6.92 Å². The van der Waals surface area contributed by atoms with Gasteiger partial charge in [0, 0.05) is 12.7 Å². The van der Waals surface area contributed by atoms with Crippen molar-refractivity contribution in [2.24, 2.45) is 0 Å². The molecule has 4 nitrogen and oxygen atoms in total. The molecule has 0 radical (unpaired) electrons. The van der Waals surface area contributed by atoms with Crippen molar-refractivity contribution in [2.45, 2.75) is 32.2 Å². The highest BCUT2D eigenvalue weighted by molar-refractivity contribution is 5.50. The number of carbonyl (C=O) groups is 1. The molecule has 1 aliphatic heterocycles. The van der Waals surface area contributed by atoms with Gasteiger partial charge < -0.3 is 10.6 Å². The third-order valence-corrected chi connectivity index (χ3v) is 3.21. The van der Waals surface area contributed by atoms with Crippen molar-refractivity contribution in [2.75, 3.05) is 12.3 Å². The summed E-state index contributed by atoms with van der Waals surface area (Å²) in [7, 11) is 0. The number of hydrogen-bond acceptors (Lipinski definition) is 3. The molecule has 1 aliphatic rings. The Morgan fingerprint density at radius 2 is 2.38 bits per heavy atom. The summed E-state index contributed by atoms with van der Waals surface area (Å²) in [5, 5.41) is 0. The van der Waals surface area contributed by atoms with E-state index in [0.29, 0.717) is 5.82 Å².